The quantitative estimate of drug-likeness (QED) is 0.741. The Morgan fingerprint density at radius 1 is 1.14 bits per heavy atom. The number of hydrogen-bond acceptors (Lipinski definition) is 5. The summed E-state index contributed by atoms with van der Waals surface area (Å²) >= 11 is 0. The lowest BCUT2D eigenvalue weighted by Crippen LogP contribution is -2.15. The van der Waals surface area contributed by atoms with E-state index in [1.165, 1.54) is 6.92 Å². The van der Waals surface area contributed by atoms with E-state index in [-0.39, 0.29) is 31.1 Å². The van der Waals surface area contributed by atoms with Crippen LogP contribution < -0.4 is 10.1 Å². The standard InChI is InChI=1S/C15H19NO5/c1-3-20-15(19)9-8-12(18)10-21-14-7-5-4-6-13(14)16-11(2)17/h4-7H,3,8-10H2,1-2H3,(H,16,17). The minimum absolute atomic E-state index is 0.0450. The van der Waals surface area contributed by atoms with E-state index < -0.39 is 5.97 Å². The molecule has 6 heteroatoms. The van der Waals surface area contributed by atoms with Crippen molar-refractivity contribution in [2.45, 2.75) is 26.7 Å². The maximum atomic E-state index is 11.6. The summed E-state index contributed by atoms with van der Waals surface area (Å²) in [6.45, 7) is 3.24. The van der Waals surface area contributed by atoms with Gasteiger partial charge in [0.1, 0.15) is 12.4 Å². The highest BCUT2D eigenvalue weighted by Crippen LogP contribution is 2.23. The molecule has 1 amide bonds. The zero-order valence-electron chi connectivity index (χ0n) is 12.2. The van der Waals surface area contributed by atoms with E-state index in [1.54, 1.807) is 31.2 Å². The summed E-state index contributed by atoms with van der Waals surface area (Å²) in [4.78, 5) is 33.8. The van der Waals surface area contributed by atoms with E-state index in [1.807, 2.05) is 0 Å². The molecule has 1 N–H and O–H groups in total. The molecule has 1 rings (SSSR count). The largest absolute Gasteiger partial charge is 0.484 e. The topological polar surface area (TPSA) is 81.7 Å². The lowest BCUT2D eigenvalue weighted by Gasteiger charge is -2.10. The van der Waals surface area contributed by atoms with Crippen LogP contribution in [0, 0.1) is 0 Å². The molecule has 0 saturated carbocycles. The molecule has 6 nitrogen and oxygen atoms in total. The molecule has 114 valence electrons. The van der Waals surface area contributed by atoms with Crippen molar-refractivity contribution in [3.63, 3.8) is 0 Å². The van der Waals surface area contributed by atoms with Gasteiger partial charge in [-0.1, -0.05) is 12.1 Å². The SMILES string of the molecule is CCOC(=O)CCC(=O)COc1ccccc1NC(C)=O. The Hall–Kier alpha value is -2.37. The van der Waals surface area contributed by atoms with Crippen LogP contribution in [-0.4, -0.2) is 30.9 Å². The Labute approximate surface area is 123 Å². The number of esters is 1. The fourth-order valence-corrected chi connectivity index (χ4v) is 1.59. The van der Waals surface area contributed by atoms with Crippen LogP contribution in [0.2, 0.25) is 0 Å². The number of hydrogen-bond donors (Lipinski definition) is 1. The predicted octanol–water partition coefficient (Wildman–Crippen LogP) is 1.94. The van der Waals surface area contributed by atoms with Gasteiger partial charge >= 0.3 is 5.97 Å². The molecule has 1 aromatic rings. The first-order chi connectivity index (χ1) is 10.0. The molecule has 0 spiro atoms. The maximum Gasteiger partial charge on any atom is 0.306 e. The molecule has 21 heavy (non-hydrogen) atoms. The average Bonchev–Trinajstić information content (AvgIpc) is 2.44. The van der Waals surface area contributed by atoms with Crippen molar-refractivity contribution in [3.8, 4) is 5.75 Å². The number of benzene rings is 1. The number of ether oxygens (including phenoxy) is 2. The lowest BCUT2D eigenvalue weighted by molar-refractivity contribution is -0.144. The highest BCUT2D eigenvalue weighted by Gasteiger charge is 2.10. The minimum atomic E-state index is -0.399. The smallest absolute Gasteiger partial charge is 0.306 e. The first-order valence-corrected chi connectivity index (χ1v) is 6.69. The van der Waals surface area contributed by atoms with Crippen LogP contribution in [-0.2, 0) is 19.1 Å². The fraction of sp³-hybridized carbons (Fsp3) is 0.400. The van der Waals surface area contributed by atoms with Crippen molar-refractivity contribution in [2.24, 2.45) is 0 Å². The number of nitrogens with one attached hydrogen (secondary N) is 1. The van der Waals surface area contributed by atoms with Crippen LogP contribution in [0.5, 0.6) is 5.75 Å². The Bertz CT molecular complexity index is 513. The van der Waals surface area contributed by atoms with Crippen LogP contribution in [0.15, 0.2) is 24.3 Å². The van der Waals surface area contributed by atoms with Crippen molar-refractivity contribution in [1.82, 2.24) is 0 Å². The first-order valence-electron chi connectivity index (χ1n) is 6.69. The first kappa shape index (κ1) is 16.7. The summed E-state index contributed by atoms with van der Waals surface area (Å²) in [5.74, 6) is -0.415. The van der Waals surface area contributed by atoms with Gasteiger partial charge in [0.15, 0.2) is 5.78 Å². The van der Waals surface area contributed by atoms with Gasteiger partial charge in [-0.25, -0.2) is 0 Å². The van der Waals surface area contributed by atoms with Crippen LogP contribution in [0.1, 0.15) is 26.7 Å². The summed E-state index contributed by atoms with van der Waals surface area (Å²) < 4.78 is 10.1. The van der Waals surface area contributed by atoms with E-state index in [9.17, 15) is 14.4 Å². The summed E-state index contributed by atoms with van der Waals surface area (Å²) in [6.07, 6.45) is 0.116. The van der Waals surface area contributed by atoms with Crippen molar-refractivity contribution < 1.29 is 23.9 Å². The van der Waals surface area contributed by atoms with Gasteiger partial charge in [-0.2, -0.15) is 0 Å². The Morgan fingerprint density at radius 3 is 2.52 bits per heavy atom. The van der Waals surface area contributed by atoms with Crippen molar-refractivity contribution >= 4 is 23.3 Å². The van der Waals surface area contributed by atoms with Crippen molar-refractivity contribution in [3.05, 3.63) is 24.3 Å². The van der Waals surface area contributed by atoms with E-state index in [2.05, 4.69) is 5.32 Å². The molecular formula is C15H19NO5. The molecule has 0 radical (unpaired) electrons. The number of carbonyl (C=O) groups is 3. The number of anilines is 1. The molecule has 1 aromatic carbocycles. The molecule has 0 aliphatic rings. The van der Waals surface area contributed by atoms with E-state index in [4.69, 9.17) is 9.47 Å². The summed E-state index contributed by atoms with van der Waals surface area (Å²) in [5, 5.41) is 2.61. The third-order valence-electron chi connectivity index (χ3n) is 2.50. The molecule has 0 saturated heterocycles. The molecule has 0 aromatic heterocycles. The van der Waals surface area contributed by atoms with E-state index in [0.29, 0.717) is 18.0 Å². The van der Waals surface area contributed by atoms with Crippen molar-refractivity contribution in [2.75, 3.05) is 18.5 Å². The number of ketones is 1. The van der Waals surface area contributed by atoms with Gasteiger partial charge in [0.05, 0.1) is 18.7 Å². The monoisotopic (exact) mass is 293 g/mol. The Kier molecular flexibility index (Phi) is 6.94. The predicted molar refractivity (Wildman–Crippen MR) is 77.1 cm³/mol. The van der Waals surface area contributed by atoms with Gasteiger partial charge in [0.2, 0.25) is 5.91 Å². The molecule has 0 aliphatic carbocycles. The second kappa shape index (κ2) is 8.73. The molecule has 0 heterocycles. The Balaban J connectivity index is 2.46. The second-order valence-electron chi connectivity index (χ2n) is 4.31. The zero-order valence-corrected chi connectivity index (χ0v) is 12.2. The van der Waals surface area contributed by atoms with Gasteiger partial charge in [-0.15, -0.1) is 0 Å². The van der Waals surface area contributed by atoms with Gasteiger partial charge < -0.3 is 14.8 Å². The summed E-state index contributed by atoms with van der Waals surface area (Å²) in [5.41, 5.74) is 0.503. The highest BCUT2D eigenvalue weighted by atomic mass is 16.5. The molecule has 0 unspecified atom stereocenters. The zero-order chi connectivity index (χ0) is 15.7. The van der Waals surface area contributed by atoms with Crippen LogP contribution in [0.25, 0.3) is 0 Å². The van der Waals surface area contributed by atoms with Gasteiger partial charge in [0, 0.05) is 13.3 Å². The molecule has 0 bridgehead atoms. The lowest BCUT2D eigenvalue weighted by atomic mass is 10.2. The second-order valence-corrected chi connectivity index (χ2v) is 4.31. The number of amides is 1. The van der Waals surface area contributed by atoms with Crippen LogP contribution >= 0.6 is 0 Å². The summed E-state index contributed by atoms with van der Waals surface area (Å²) in [6, 6.07) is 6.83. The average molecular weight is 293 g/mol. The Morgan fingerprint density at radius 2 is 1.86 bits per heavy atom. The number of Topliss-reactive ketones (excluding diaryl/α,β-unsaturated/α-hetero) is 1. The van der Waals surface area contributed by atoms with Gasteiger partial charge in [0.25, 0.3) is 0 Å². The molecule has 0 fully saturated rings. The number of rotatable bonds is 8. The maximum absolute atomic E-state index is 11.6. The third kappa shape index (κ3) is 6.56. The molecule has 0 aliphatic heterocycles. The third-order valence-corrected chi connectivity index (χ3v) is 2.50. The van der Waals surface area contributed by atoms with Gasteiger partial charge in [-0.3, -0.25) is 14.4 Å². The minimum Gasteiger partial charge on any atom is -0.484 e. The fourth-order valence-electron chi connectivity index (χ4n) is 1.59. The van der Waals surface area contributed by atoms with E-state index >= 15 is 0 Å². The normalized spacial score (nSPS) is 9.81. The number of carbonyl (C=O) groups excluding carboxylic acids is 3. The van der Waals surface area contributed by atoms with Crippen molar-refractivity contribution in [1.29, 1.82) is 0 Å². The summed E-state index contributed by atoms with van der Waals surface area (Å²) in [7, 11) is 0. The van der Waals surface area contributed by atoms with Crippen LogP contribution in [0.3, 0.4) is 0 Å². The van der Waals surface area contributed by atoms with Crippen LogP contribution in [0.4, 0.5) is 5.69 Å². The molecular weight excluding hydrogens is 274 g/mol. The van der Waals surface area contributed by atoms with E-state index in [0.717, 1.165) is 0 Å². The highest BCUT2D eigenvalue weighted by molar-refractivity contribution is 5.90. The molecule has 0 atom stereocenters. The van der Waals surface area contributed by atoms with Gasteiger partial charge in [-0.05, 0) is 19.1 Å². The number of para-hydroxylation sites is 2.